The van der Waals surface area contributed by atoms with E-state index in [2.05, 4.69) is 4.98 Å². The Kier molecular flexibility index (Phi) is 5.01. The summed E-state index contributed by atoms with van der Waals surface area (Å²) in [5.41, 5.74) is 0. The molecule has 0 aliphatic rings. The summed E-state index contributed by atoms with van der Waals surface area (Å²) in [4.78, 5) is 14.5. The summed E-state index contributed by atoms with van der Waals surface area (Å²) in [5.74, 6) is -0.882. The Morgan fingerprint density at radius 3 is 3.00 bits per heavy atom. The van der Waals surface area contributed by atoms with E-state index in [-0.39, 0.29) is 11.0 Å². The van der Waals surface area contributed by atoms with Crippen LogP contribution in [0.5, 0.6) is 0 Å². The second kappa shape index (κ2) is 6.05. The van der Waals surface area contributed by atoms with E-state index in [0.717, 1.165) is 0 Å². The molecule has 2 atom stereocenters. The minimum Gasteiger partial charge on any atom is -0.481 e. The van der Waals surface area contributed by atoms with Crippen LogP contribution in [0.1, 0.15) is 6.92 Å². The van der Waals surface area contributed by atoms with E-state index >= 15 is 0 Å². The van der Waals surface area contributed by atoms with Crippen molar-refractivity contribution in [1.82, 2.24) is 9.55 Å². The number of aliphatic carboxylic acids is 1. The van der Waals surface area contributed by atoms with Gasteiger partial charge < -0.3 is 9.67 Å². The molecule has 0 aliphatic carbocycles. The summed E-state index contributed by atoms with van der Waals surface area (Å²) in [6.07, 6.45) is 5.05. The first-order valence-electron chi connectivity index (χ1n) is 4.68. The van der Waals surface area contributed by atoms with Gasteiger partial charge in [0.05, 0.1) is 5.75 Å². The first-order valence-corrected chi connectivity index (χ1v) is 7.29. The lowest BCUT2D eigenvalue weighted by molar-refractivity contribution is -0.133. The fourth-order valence-corrected chi connectivity index (χ4v) is 2.14. The van der Waals surface area contributed by atoms with Gasteiger partial charge in [0.15, 0.2) is 5.16 Å². The number of carbonyl (C=O) groups is 1. The van der Waals surface area contributed by atoms with Gasteiger partial charge in [0.2, 0.25) is 0 Å². The molecule has 0 spiro atoms. The lowest BCUT2D eigenvalue weighted by atomic mass is 10.5. The van der Waals surface area contributed by atoms with Crippen LogP contribution in [-0.4, -0.2) is 42.1 Å². The normalized spacial score (nSPS) is 14.6. The molecular weight excluding hydrogens is 248 g/mol. The van der Waals surface area contributed by atoms with E-state index < -0.39 is 16.8 Å². The number of nitrogens with zero attached hydrogens (tertiary/aromatic N) is 2. The van der Waals surface area contributed by atoms with Crippen LogP contribution >= 0.6 is 11.8 Å². The molecule has 0 radical (unpaired) electrons. The number of thioether (sulfide) groups is 1. The van der Waals surface area contributed by atoms with Gasteiger partial charge in [0.25, 0.3) is 0 Å². The molecule has 0 aliphatic heterocycles. The number of imidazole rings is 1. The van der Waals surface area contributed by atoms with Crippen LogP contribution in [-0.2, 0) is 22.1 Å². The number of hydrogen-bond acceptors (Lipinski definition) is 4. The SMILES string of the molecule is CC(Cn1ccnc1SCC(=O)O)S(C)=O. The second-order valence-electron chi connectivity index (χ2n) is 3.35. The predicted molar refractivity (Wildman–Crippen MR) is 64.1 cm³/mol. The zero-order chi connectivity index (χ0) is 12.1. The molecule has 1 rings (SSSR count). The molecule has 0 saturated heterocycles. The summed E-state index contributed by atoms with van der Waals surface area (Å²) >= 11 is 1.17. The van der Waals surface area contributed by atoms with E-state index in [0.29, 0.717) is 11.7 Å². The fourth-order valence-electron chi connectivity index (χ4n) is 1.08. The average molecular weight is 262 g/mol. The third kappa shape index (κ3) is 3.97. The topological polar surface area (TPSA) is 72.2 Å². The number of aromatic nitrogens is 2. The van der Waals surface area contributed by atoms with Crippen molar-refractivity contribution in [3.63, 3.8) is 0 Å². The van der Waals surface area contributed by atoms with E-state index in [1.54, 1.807) is 18.6 Å². The quantitative estimate of drug-likeness (QED) is 0.769. The molecule has 1 N–H and O–H groups in total. The Hall–Kier alpha value is -0.820. The third-order valence-electron chi connectivity index (χ3n) is 2.02. The van der Waals surface area contributed by atoms with E-state index in [4.69, 9.17) is 5.11 Å². The molecule has 7 heteroatoms. The number of hydrogen-bond donors (Lipinski definition) is 1. The van der Waals surface area contributed by atoms with Gasteiger partial charge in [-0.05, 0) is 6.92 Å². The van der Waals surface area contributed by atoms with Crippen LogP contribution in [0.4, 0.5) is 0 Å². The van der Waals surface area contributed by atoms with Gasteiger partial charge in [-0.3, -0.25) is 9.00 Å². The van der Waals surface area contributed by atoms with Crippen molar-refractivity contribution in [2.24, 2.45) is 0 Å². The molecule has 0 aromatic carbocycles. The van der Waals surface area contributed by atoms with Gasteiger partial charge in [-0.2, -0.15) is 0 Å². The van der Waals surface area contributed by atoms with Crippen LogP contribution in [0.3, 0.4) is 0 Å². The van der Waals surface area contributed by atoms with Crippen molar-refractivity contribution in [3.8, 4) is 0 Å². The molecule has 2 unspecified atom stereocenters. The van der Waals surface area contributed by atoms with E-state index in [1.807, 2.05) is 11.5 Å². The first-order chi connectivity index (χ1) is 7.50. The van der Waals surface area contributed by atoms with Gasteiger partial charge in [0.1, 0.15) is 0 Å². The monoisotopic (exact) mass is 262 g/mol. The zero-order valence-corrected chi connectivity index (χ0v) is 10.8. The lowest BCUT2D eigenvalue weighted by Crippen LogP contribution is -2.17. The van der Waals surface area contributed by atoms with Gasteiger partial charge >= 0.3 is 5.97 Å². The first kappa shape index (κ1) is 13.2. The third-order valence-corrected chi connectivity index (χ3v) is 4.29. The van der Waals surface area contributed by atoms with Gasteiger partial charge in [-0.25, -0.2) is 4.98 Å². The maximum atomic E-state index is 11.2. The summed E-state index contributed by atoms with van der Waals surface area (Å²) < 4.78 is 13.1. The standard InChI is InChI=1S/C9H14N2O3S2/c1-7(16(2)14)5-11-4-3-10-9(11)15-6-8(12)13/h3-4,7H,5-6H2,1-2H3,(H,12,13). The summed E-state index contributed by atoms with van der Waals surface area (Å²) in [7, 11) is -0.890. The van der Waals surface area contributed by atoms with Crippen molar-refractivity contribution in [1.29, 1.82) is 0 Å². The Labute approximate surface area is 101 Å². The number of rotatable bonds is 6. The highest BCUT2D eigenvalue weighted by Crippen LogP contribution is 2.16. The van der Waals surface area contributed by atoms with Crippen molar-refractivity contribution in [3.05, 3.63) is 12.4 Å². The smallest absolute Gasteiger partial charge is 0.313 e. The highest BCUT2D eigenvalue weighted by atomic mass is 32.2. The Bertz CT molecular complexity index is 392. The highest BCUT2D eigenvalue weighted by molar-refractivity contribution is 7.99. The molecule has 1 heterocycles. The average Bonchev–Trinajstić information content (AvgIpc) is 2.62. The summed E-state index contributed by atoms with van der Waals surface area (Å²) in [6.45, 7) is 2.48. The molecule has 0 saturated carbocycles. The predicted octanol–water partition coefficient (Wildman–Crippen LogP) is 0.827. The molecule has 90 valence electrons. The molecule has 0 bridgehead atoms. The van der Waals surface area contributed by atoms with E-state index in [1.165, 1.54) is 11.8 Å². The molecule has 16 heavy (non-hydrogen) atoms. The fraction of sp³-hybridized carbons (Fsp3) is 0.556. The highest BCUT2D eigenvalue weighted by Gasteiger charge is 2.11. The maximum Gasteiger partial charge on any atom is 0.313 e. The lowest BCUT2D eigenvalue weighted by Gasteiger charge is -2.11. The van der Waals surface area contributed by atoms with Crippen molar-refractivity contribution >= 4 is 28.5 Å². The number of carboxylic acids is 1. The van der Waals surface area contributed by atoms with Crippen LogP contribution in [0.2, 0.25) is 0 Å². The van der Waals surface area contributed by atoms with Crippen LogP contribution in [0.15, 0.2) is 17.6 Å². The largest absolute Gasteiger partial charge is 0.481 e. The molecule has 0 amide bonds. The minimum absolute atomic E-state index is 0.0133. The van der Waals surface area contributed by atoms with Crippen molar-refractivity contribution < 1.29 is 14.1 Å². The molecule has 0 fully saturated rings. The van der Waals surface area contributed by atoms with Crippen LogP contribution in [0.25, 0.3) is 0 Å². The van der Waals surface area contributed by atoms with E-state index in [9.17, 15) is 9.00 Å². The zero-order valence-electron chi connectivity index (χ0n) is 9.12. The maximum absolute atomic E-state index is 11.2. The Balaban J connectivity index is 2.63. The minimum atomic E-state index is -0.890. The van der Waals surface area contributed by atoms with Gasteiger partial charge in [-0.15, -0.1) is 0 Å². The molecular formula is C9H14N2O3S2. The van der Waals surface area contributed by atoms with Gasteiger partial charge in [-0.1, -0.05) is 11.8 Å². The Morgan fingerprint density at radius 2 is 2.44 bits per heavy atom. The number of carboxylic acid groups (broad SMARTS) is 1. The van der Waals surface area contributed by atoms with Crippen molar-refractivity contribution in [2.45, 2.75) is 23.9 Å². The van der Waals surface area contributed by atoms with Crippen molar-refractivity contribution in [2.75, 3.05) is 12.0 Å². The van der Waals surface area contributed by atoms with Crippen LogP contribution in [0, 0.1) is 0 Å². The van der Waals surface area contributed by atoms with Crippen LogP contribution < -0.4 is 0 Å². The Morgan fingerprint density at radius 1 is 1.75 bits per heavy atom. The molecule has 1 aromatic rings. The second-order valence-corrected chi connectivity index (χ2v) is 6.10. The summed E-state index contributed by atoms with van der Waals surface area (Å²) in [6, 6.07) is 0. The summed E-state index contributed by atoms with van der Waals surface area (Å²) in [5, 5.41) is 9.25. The molecule has 5 nitrogen and oxygen atoms in total. The van der Waals surface area contributed by atoms with Gasteiger partial charge in [0, 0.05) is 41.2 Å². The molecule has 1 aromatic heterocycles.